The molecule has 0 amide bonds. The molecule has 0 aromatic heterocycles. The van der Waals surface area contributed by atoms with Crippen LogP contribution in [-0.4, -0.2) is 36.8 Å². The van der Waals surface area contributed by atoms with Crippen LogP contribution in [0.2, 0.25) is 0 Å². The second kappa shape index (κ2) is 6.59. The van der Waals surface area contributed by atoms with Gasteiger partial charge in [0.25, 0.3) is 0 Å². The van der Waals surface area contributed by atoms with Crippen LogP contribution in [0, 0.1) is 5.92 Å². The number of halogens is 3. The van der Waals surface area contributed by atoms with Crippen LogP contribution in [0.25, 0.3) is 0 Å². The average molecular weight is 252 g/mol. The molecule has 0 aromatic rings. The van der Waals surface area contributed by atoms with Crippen molar-refractivity contribution in [2.45, 2.75) is 51.2 Å². The highest BCUT2D eigenvalue weighted by atomic mass is 19.4. The lowest BCUT2D eigenvalue weighted by molar-refractivity contribution is -0.147. The summed E-state index contributed by atoms with van der Waals surface area (Å²) in [6, 6.07) is 0.183. The molecule has 102 valence electrons. The molecule has 0 aromatic carbocycles. The molecule has 2 N–H and O–H groups in total. The summed E-state index contributed by atoms with van der Waals surface area (Å²) in [5, 5.41) is 0. The molecule has 0 bridgehead atoms. The molecule has 1 aliphatic rings. The maximum Gasteiger partial charge on any atom is 0.401 e. The van der Waals surface area contributed by atoms with Gasteiger partial charge in [0.2, 0.25) is 0 Å². The molecule has 1 fully saturated rings. The molecule has 2 atom stereocenters. The summed E-state index contributed by atoms with van der Waals surface area (Å²) in [6.07, 6.45) is 0.631. The standard InChI is InChI=1S/C12H23F3N2/c1-2-6-17(9-12(13,14)15)8-10-4-3-5-11(16)7-10/h10-11H,2-9,16H2,1H3. The van der Waals surface area contributed by atoms with Crippen LogP contribution >= 0.6 is 0 Å². The van der Waals surface area contributed by atoms with E-state index in [0.717, 1.165) is 32.1 Å². The molecule has 0 heterocycles. The third kappa shape index (κ3) is 6.27. The van der Waals surface area contributed by atoms with Crippen molar-refractivity contribution in [1.82, 2.24) is 4.90 Å². The summed E-state index contributed by atoms with van der Waals surface area (Å²) in [5.74, 6) is 0.340. The first-order valence-electron chi connectivity index (χ1n) is 6.45. The van der Waals surface area contributed by atoms with Gasteiger partial charge in [-0.2, -0.15) is 13.2 Å². The van der Waals surface area contributed by atoms with E-state index in [4.69, 9.17) is 5.73 Å². The summed E-state index contributed by atoms with van der Waals surface area (Å²) in [6.45, 7) is 2.19. The van der Waals surface area contributed by atoms with Gasteiger partial charge in [0.05, 0.1) is 6.54 Å². The Kier molecular flexibility index (Phi) is 5.73. The Morgan fingerprint density at radius 1 is 1.29 bits per heavy atom. The minimum Gasteiger partial charge on any atom is -0.328 e. The molecular formula is C12H23F3N2. The van der Waals surface area contributed by atoms with Crippen LogP contribution in [-0.2, 0) is 0 Å². The lowest BCUT2D eigenvalue weighted by atomic mass is 9.86. The van der Waals surface area contributed by atoms with Gasteiger partial charge in [0.1, 0.15) is 0 Å². The van der Waals surface area contributed by atoms with Crippen LogP contribution in [0.3, 0.4) is 0 Å². The molecule has 2 nitrogen and oxygen atoms in total. The Labute approximate surface area is 101 Å². The summed E-state index contributed by atoms with van der Waals surface area (Å²) in [7, 11) is 0. The number of alkyl halides is 3. The molecular weight excluding hydrogens is 229 g/mol. The van der Waals surface area contributed by atoms with Crippen LogP contribution in [0.5, 0.6) is 0 Å². The van der Waals surface area contributed by atoms with Gasteiger partial charge in [0.15, 0.2) is 0 Å². The molecule has 17 heavy (non-hydrogen) atoms. The average Bonchev–Trinajstić information content (AvgIpc) is 2.15. The summed E-state index contributed by atoms with van der Waals surface area (Å²) in [4.78, 5) is 1.53. The van der Waals surface area contributed by atoms with E-state index >= 15 is 0 Å². The van der Waals surface area contributed by atoms with E-state index in [1.54, 1.807) is 0 Å². The van der Waals surface area contributed by atoms with Gasteiger partial charge in [-0.15, -0.1) is 0 Å². The number of rotatable bonds is 5. The second-order valence-electron chi connectivity index (χ2n) is 5.14. The van der Waals surface area contributed by atoms with Gasteiger partial charge in [-0.05, 0) is 38.1 Å². The maximum absolute atomic E-state index is 12.4. The minimum atomic E-state index is -4.09. The Bertz CT molecular complexity index is 218. The molecule has 0 spiro atoms. The van der Waals surface area contributed by atoms with Crippen LogP contribution < -0.4 is 5.73 Å². The molecule has 2 unspecified atom stereocenters. The van der Waals surface area contributed by atoms with E-state index in [1.807, 2.05) is 6.92 Å². The highest BCUT2D eigenvalue weighted by molar-refractivity contribution is 4.78. The fourth-order valence-electron chi connectivity index (χ4n) is 2.67. The van der Waals surface area contributed by atoms with E-state index in [0.29, 0.717) is 19.0 Å². The molecule has 0 saturated heterocycles. The van der Waals surface area contributed by atoms with Gasteiger partial charge in [0, 0.05) is 12.6 Å². The predicted molar refractivity (Wildman–Crippen MR) is 62.7 cm³/mol. The molecule has 1 rings (SSSR count). The van der Waals surface area contributed by atoms with Crippen molar-refractivity contribution in [3.05, 3.63) is 0 Å². The van der Waals surface area contributed by atoms with E-state index in [2.05, 4.69) is 0 Å². The Hall–Kier alpha value is -0.290. The highest BCUT2D eigenvalue weighted by Gasteiger charge is 2.31. The van der Waals surface area contributed by atoms with E-state index in [1.165, 1.54) is 4.90 Å². The quantitative estimate of drug-likeness (QED) is 0.815. The molecule has 0 aliphatic heterocycles. The second-order valence-corrected chi connectivity index (χ2v) is 5.14. The largest absolute Gasteiger partial charge is 0.401 e. The fraction of sp³-hybridized carbons (Fsp3) is 1.00. The zero-order valence-electron chi connectivity index (χ0n) is 10.5. The van der Waals surface area contributed by atoms with Gasteiger partial charge < -0.3 is 5.73 Å². The minimum absolute atomic E-state index is 0.183. The normalized spacial score (nSPS) is 26.5. The van der Waals surface area contributed by atoms with Crippen molar-refractivity contribution in [1.29, 1.82) is 0 Å². The number of nitrogens with two attached hydrogens (primary N) is 1. The number of nitrogens with zero attached hydrogens (tertiary/aromatic N) is 1. The first kappa shape index (κ1) is 14.8. The topological polar surface area (TPSA) is 29.3 Å². The van der Waals surface area contributed by atoms with Crippen molar-refractivity contribution >= 4 is 0 Å². The van der Waals surface area contributed by atoms with Crippen molar-refractivity contribution in [3.8, 4) is 0 Å². The van der Waals surface area contributed by atoms with Gasteiger partial charge in [-0.25, -0.2) is 0 Å². The molecule has 5 heteroatoms. The zero-order valence-corrected chi connectivity index (χ0v) is 10.5. The SMILES string of the molecule is CCCN(CC1CCCC(N)C1)CC(F)(F)F. The van der Waals surface area contributed by atoms with Crippen molar-refractivity contribution < 1.29 is 13.2 Å². The Morgan fingerprint density at radius 3 is 2.53 bits per heavy atom. The van der Waals surface area contributed by atoms with Crippen molar-refractivity contribution in [2.24, 2.45) is 11.7 Å². The van der Waals surface area contributed by atoms with Crippen molar-refractivity contribution in [3.63, 3.8) is 0 Å². The summed E-state index contributed by atoms with van der Waals surface area (Å²) < 4.78 is 37.2. The lowest BCUT2D eigenvalue weighted by Crippen LogP contribution is -2.40. The van der Waals surface area contributed by atoms with Crippen LogP contribution in [0.4, 0.5) is 13.2 Å². The van der Waals surface area contributed by atoms with Crippen LogP contribution in [0.15, 0.2) is 0 Å². The van der Waals surface area contributed by atoms with Crippen molar-refractivity contribution in [2.75, 3.05) is 19.6 Å². The zero-order chi connectivity index (χ0) is 12.9. The van der Waals surface area contributed by atoms with E-state index < -0.39 is 12.7 Å². The molecule has 1 saturated carbocycles. The molecule has 0 radical (unpaired) electrons. The monoisotopic (exact) mass is 252 g/mol. The number of hydrogen-bond donors (Lipinski definition) is 1. The first-order valence-corrected chi connectivity index (χ1v) is 6.45. The number of hydrogen-bond acceptors (Lipinski definition) is 2. The van der Waals surface area contributed by atoms with Gasteiger partial charge in [-0.1, -0.05) is 13.3 Å². The smallest absolute Gasteiger partial charge is 0.328 e. The third-order valence-corrected chi connectivity index (χ3v) is 3.28. The summed E-state index contributed by atoms with van der Waals surface area (Å²) in [5.41, 5.74) is 5.86. The summed E-state index contributed by atoms with van der Waals surface area (Å²) >= 11 is 0. The van der Waals surface area contributed by atoms with Crippen LogP contribution in [0.1, 0.15) is 39.0 Å². The van der Waals surface area contributed by atoms with Gasteiger partial charge >= 0.3 is 6.18 Å². The Balaban J connectivity index is 2.42. The first-order chi connectivity index (χ1) is 7.90. The van der Waals surface area contributed by atoms with E-state index in [-0.39, 0.29) is 6.04 Å². The van der Waals surface area contributed by atoms with Gasteiger partial charge in [-0.3, -0.25) is 4.90 Å². The molecule has 1 aliphatic carbocycles. The fourth-order valence-corrected chi connectivity index (χ4v) is 2.67. The predicted octanol–water partition coefficient (Wildman–Crippen LogP) is 2.78. The maximum atomic E-state index is 12.4. The Morgan fingerprint density at radius 2 is 2.00 bits per heavy atom. The lowest BCUT2D eigenvalue weighted by Gasteiger charge is -2.32. The third-order valence-electron chi connectivity index (χ3n) is 3.28. The highest BCUT2D eigenvalue weighted by Crippen LogP contribution is 2.25. The van der Waals surface area contributed by atoms with E-state index in [9.17, 15) is 13.2 Å².